The Hall–Kier alpha value is -0.160. The van der Waals surface area contributed by atoms with Crippen molar-refractivity contribution in [3.63, 3.8) is 0 Å². The fourth-order valence-corrected chi connectivity index (χ4v) is 3.49. The molecule has 1 spiro atoms. The summed E-state index contributed by atoms with van der Waals surface area (Å²) < 4.78 is 17.2. The third kappa shape index (κ3) is 2.72. The van der Waals surface area contributed by atoms with Gasteiger partial charge in [0, 0.05) is 32.8 Å². The zero-order valence-corrected chi connectivity index (χ0v) is 12.1. The van der Waals surface area contributed by atoms with Crippen LogP contribution in [-0.2, 0) is 14.2 Å². The number of hydrogen-bond acceptors (Lipinski definition) is 4. The summed E-state index contributed by atoms with van der Waals surface area (Å²) in [5.74, 6) is 0.584. The monoisotopic (exact) mass is 257 g/mol. The van der Waals surface area contributed by atoms with E-state index in [2.05, 4.69) is 19.2 Å². The van der Waals surface area contributed by atoms with Crippen LogP contribution in [0.5, 0.6) is 0 Å². The van der Waals surface area contributed by atoms with E-state index in [-0.39, 0.29) is 11.2 Å². The van der Waals surface area contributed by atoms with Crippen LogP contribution in [0.4, 0.5) is 0 Å². The molecule has 4 heteroatoms. The lowest BCUT2D eigenvalue weighted by atomic mass is 9.76. The van der Waals surface area contributed by atoms with Gasteiger partial charge in [0.2, 0.25) is 0 Å². The van der Waals surface area contributed by atoms with Crippen molar-refractivity contribution in [2.75, 3.05) is 34.0 Å². The molecule has 2 rings (SSSR count). The Balaban J connectivity index is 2.07. The molecule has 2 aliphatic heterocycles. The third-order valence-electron chi connectivity index (χ3n) is 4.66. The van der Waals surface area contributed by atoms with Gasteiger partial charge in [-0.25, -0.2) is 0 Å². The van der Waals surface area contributed by atoms with E-state index in [0.29, 0.717) is 12.0 Å². The summed E-state index contributed by atoms with van der Waals surface area (Å²) >= 11 is 0. The second kappa shape index (κ2) is 5.45. The van der Waals surface area contributed by atoms with Crippen molar-refractivity contribution in [3.05, 3.63) is 0 Å². The summed E-state index contributed by atoms with van der Waals surface area (Å²) in [6.07, 6.45) is 3.21. The first-order chi connectivity index (χ1) is 8.53. The molecule has 0 aromatic heterocycles. The van der Waals surface area contributed by atoms with E-state index < -0.39 is 0 Å². The van der Waals surface area contributed by atoms with E-state index in [9.17, 15) is 0 Å². The topological polar surface area (TPSA) is 39.7 Å². The minimum Gasteiger partial charge on any atom is -0.378 e. The minimum absolute atomic E-state index is 0.0260. The average molecular weight is 257 g/mol. The molecule has 18 heavy (non-hydrogen) atoms. The molecule has 2 fully saturated rings. The van der Waals surface area contributed by atoms with Crippen molar-refractivity contribution in [2.45, 2.75) is 50.4 Å². The van der Waals surface area contributed by atoms with E-state index in [0.717, 1.165) is 39.1 Å². The van der Waals surface area contributed by atoms with Crippen molar-refractivity contribution in [3.8, 4) is 0 Å². The van der Waals surface area contributed by atoms with Gasteiger partial charge in [-0.15, -0.1) is 0 Å². The Morgan fingerprint density at radius 2 is 2.17 bits per heavy atom. The van der Waals surface area contributed by atoms with Gasteiger partial charge in [0.25, 0.3) is 0 Å². The van der Waals surface area contributed by atoms with Gasteiger partial charge in [-0.2, -0.15) is 0 Å². The summed E-state index contributed by atoms with van der Waals surface area (Å²) in [6.45, 7) is 6.74. The first-order valence-electron chi connectivity index (χ1n) is 6.97. The zero-order valence-electron chi connectivity index (χ0n) is 12.1. The molecule has 4 nitrogen and oxygen atoms in total. The van der Waals surface area contributed by atoms with Gasteiger partial charge in [0.1, 0.15) is 0 Å². The molecule has 106 valence electrons. The normalized spacial score (nSPS) is 35.0. The first-order valence-corrected chi connectivity index (χ1v) is 6.97. The first kappa shape index (κ1) is 14.3. The fraction of sp³-hybridized carbons (Fsp3) is 1.00. The molecular weight excluding hydrogens is 230 g/mol. The summed E-state index contributed by atoms with van der Waals surface area (Å²) in [7, 11) is 3.82. The number of hydrogen-bond donors (Lipinski definition) is 1. The number of methoxy groups -OCH3 is 1. The van der Waals surface area contributed by atoms with Crippen LogP contribution in [-0.4, -0.2) is 51.2 Å². The molecule has 0 bridgehead atoms. The molecule has 3 atom stereocenters. The Morgan fingerprint density at radius 3 is 2.72 bits per heavy atom. The number of rotatable bonds is 4. The summed E-state index contributed by atoms with van der Waals surface area (Å²) in [4.78, 5) is 0. The lowest BCUT2D eigenvalue weighted by molar-refractivity contribution is -0.120. The Morgan fingerprint density at radius 1 is 1.39 bits per heavy atom. The molecule has 2 aliphatic rings. The maximum atomic E-state index is 6.00. The maximum Gasteiger partial charge on any atom is 0.0939 e. The van der Waals surface area contributed by atoms with Crippen molar-refractivity contribution in [1.82, 2.24) is 5.32 Å². The van der Waals surface area contributed by atoms with Crippen molar-refractivity contribution < 1.29 is 14.2 Å². The quantitative estimate of drug-likeness (QED) is 0.830. The molecule has 2 saturated heterocycles. The van der Waals surface area contributed by atoms with Gasteiger partial charge in [-0.1, -0.05) is 0 Å². The average Bonchev–Trinajstić information content (AvgIpc) is 2.78. The molecule has 1 N–H and O–H groups in total. The predicted octanol–water partition coefficient (Wildman–Crippen LogP) is 1.59. The molecular formula is C14H27NO3. The number of nitrogens with one attached hydrogen (secondary N) is 1. The molecule has 0 aromatic rings. The smallest absolute Gasteiger partial charge is 0.0939 e. The highest BCUT2D eigenvalue weighted by atomic mass is 16.6. The second-order valence-electron chi connectivity index (χ2n) is 6.16. The van der Waals surface area contributed by atoms with Crippen LogP contribution in [0.25, 0.3) is 0 Å². The number of likely N-dealkylation sites (N-methyl/N-ethyl adjacent to an activating group) is 1. The SMILES string of the molecule is CNC(C1CCOC2(CCOC2)C1)C(C)(C)OC. The molecule has 0 aromatic carbocycles. The van der Waals surface area contributed by atoms with Gasteiger partial charge in [0.05, 0.1) is 17.8 Å². The second-order valence-corrected chi connectivity index (χ2v) is 6.16. The fourth-order valence-electron chi connectivity index (χ4n) is 3.49. The van der Waals surface area contributed by atoms with E-state index in [1.165, 1.54) is 0 Å². The van der Waals surface area contributed by atoms with Gasteiger partial charge < -0.3 is 19.5 Å². The van der Waals surface area contributed by atoms with Crippen LogP contribution >= 0.6 is 0 Å². The van der Waals surface area contributed by atoms with Crippen molar-refractivity contribution >= 4 is 0 Å². The summed E-state index contributed by atoms with van der Waals surface area (Å²) in [5, 5.41) is 3.45. The van der Waals surface area contributed by atoms with E-state index in [4.69, 9.17) is 14.2 Å². The zero-order chi connectivity index (χ0) is 13.2. The van der Waals surface area contributed by atoms with Gasteiger partial charge in [-0.05, 0) is 39.7 Å². The lowest BCUT2D eigenvalue weighted by Crippen LogP contribution is -2.55. The van der Waals surface area contributed by atoms with Crippen LogP contribution < -0.4 is 5.32 Å². The van der Waals surface area contributed by atoms with Crippen LogP contribution in [0.3, 0.4) is 0 Å². The van der Waals surface area contributed by atoms with Gasteiger partial charge in [0.15, 0.2) is 0 Å². The summed E-state index contributed by atoms with van der Waals surface area (Å²) in [5.41, 5.74) is -0.181. The Bertz CT molecular complexity index is 274. The van der Waals surface area contributed by atoms with Crippen LogP contribution in [0.15, 0.2) is 0 Å². The highest BCUT2D eigenvalue weighted by molar-refractivity contribution is 4.98. The molecule has 0 saturated carbocycles. The third-order valence-corrected chi connectivity index (χ3v) is 4.66. The lowest BCUT2D eigenvalue weighted by Gasteiger charge is -2.45. The van der Waals surface area contributed by atoms with Crippen molar-refractivity contribution in [2.24, 2.45) is 5.92 Å². The van der Waals surface area contributed by atoms with E-state index >= 15 is 0 Å². The molecule has 3 unspecified atom stereocenters. The van der Waals surface area contributed by atoms with Gasteiger partial charge >= 0.3 is 0 Å². The summed E-state index contributed by atoms with van der Waals surface area (Å²) in [6, 6.07) is 0.351. The molecule has 0 aliphatic carbocycles. The highest BCUT2D eigenvalue weighted by Crippen LogP contribution is 2.39. The van der Waals surface area contributed by atoms with Crippen molar-refractivity contribution in [1.29, 1.82) is 0 Å². The molecule has 0 amide bonds. The molecule has 2 heterocycles. The van der Waals surface area contributed by atoms with Crippen LogP contribution in [0, 0.1) is 5.92 Å². The Kier molecular flexibility index (Phi) is 4.32. The standard InChI is InChI=1S/C14H27NO3/c1-13(2,16-4)12(15-3)11-5-7-18-14(9-11)6-8-17-10-14/h11-12,15H,5-10H2,1-4H3. The predicted molar refractivity (Wildman–Crippen MR) is 70.8 cm³/mol. The van der Waals surface area contributed by atoms with Crippen LogP contribution in [0.2, 0.25) is 0 Å². The number of ether oxygens (including phenoxy) is 3. The van der Waals surface area contributed by atoms with E-state index in [1.807, 2.05) is 7.05 Å². The van der Waals surface area contributed by atoms with E-state index in [1.54, 1.807) is 7.11 Å². The Labute approximate surface area is 110 Å². The highest BCUT2D eigenvalue weighted by Gasteiger charge is 2.45. The maximum absolute atomic E-state index is 6.00. The minimum atomic E-state index is -0.155. The molecule has 0 radical (unpaired) electrons. The van der Waals surface area contributed by atoms with Crippen LogP contribution in [0.1, 0.15) is 33.1 Å². The largest absolute Gasteiger partial charge is 0.378 e. The van der Waals surface area contributed by atoms with Gasteiger partial charge in [-0.3, -0.25) is 0 Å².